The van der Waals surface area contributed by atoms with Gasteiger partial charge in [0.15, 0.2) is 0 Å². The van der Waals surface area contributed by atoms with E-state index in [9.17, 15) is 20.1 Å². The SMILES string of the molecule is CCCCCCCCCCCCCCC/C=C\C/C=C\CCCCCCCCCCCCCCCCCCCC(=O)NC(CO)C(O)C(O)CCC/C=C/CCCCCCCCCCCCCCCCCCC. The van der Waals surface area contributed by atoms with E-state index in [4.69, 9.17) is 0 Å². The number of hydrogen-bond donors (Lipinski definition) is 4. The number of aliphatic hydroxyl groups is 3. The highest BCUT2D eigenvalue weighted by Crippen LogP contribution is 2.18. The van der Waals surface area contributed by atoms with E-state index in [1.165, 1.54) is 295 Å². The first kappa shape index (κ1) is 71.6. The third-order valence-electron chi connectivity index (χ3n) is 15.7. The Morgan fingerprint density at radius 1 is 0.342 bits per heavy atom. The predicted octanol–water partition coefficient (Wildman–Crippen LogP) is 21.3. The predicted molar refractivity (Wildman–Crippen MR) is 324 cm³/mol. The molecule has 4 N–H and O–H groups in total. The molecule has 73 heavy (non-hydrogen) atoms. The van der Waals surface area contributed by atoms with Crippen LogP contribution in [0.3, 0.4) is 0 Å². The van der Waals surface area contributed by atoms with Crippen LogP contribution >= 0.6 is 0 Å². The minimum absolute atomic E-state index is 0.148. The summed E-state index contributed by atoms with van der Waals surface area (Å²) in [6.45, 7) is 4.21. The molecule has 3 unspecified atom stereocenters. The van der Waals surface area contributed by atoms with Gasteiger partial charge in [0.1, 0.15) is 6.10 Å². The summed E-state index contributed by atoms with van der Waals surface area (Å²) < 4.78 is 0. The summed E-state index contributed by atoms with van der Waals surface area (Å²) in [6.07, 6.45) is 83.5. The average molecular weight is 1030 g/mol. The highest BCUT2D eigenvalue weighted by molar-refractivity contribution is 5.76. The molecular formula is C68H131NO4. The molecule has 0 aromatic heterocycles. The van der Waals surface area contributed by atoms with Crippen LogP contribution in [0.1, 0.15) is 367 Å². The molecule has 5 heteroatoms. The first-order valence-electron chi connectivity index (χ1n) is 33.3. The molecule has 0 bridgehead atoms. The Morgan fingerprint density at radius 3 is 0.877 bits per heavy atom. The normalized spacial score (nSPS) is 13.3. The summed E-state index contributed by atoms with van der Waals surface area (Å²) in [5.74, 6) is -0.148. The lowest BCUT2D eigenvalue weighted by atomic mass is 10.0. The van der Waals surface area contributed by atoms with Crippen LogP contribution in [-0.2, 0) is 4.79 Å². The maximum absolute atomic E-state index is 12.6. The second-order valence-electron chi connectivity index (χ2n) is 23.0. The van der Waals surface area contributed by atoms with Crippen LogP contribution in [0, 0.1) is 0 Å². The van der Waals surface area contributed by atoms with Crippen LogP contribution in [0.15, 0.2) is 36.5 Å². The summed E-state index contributed by atoms with van der Waals surface area (Å²) in [6, 6.07) is -0.827. The highest BCUT2D eigenvalue weighted by Gasteiger charge is 2.26. The van der Waals surface area contributed by atoms with Crippen LogP contribution in [0.2, 0.25) is 0 Å². The lowest BCUT2D eigenvalue weighted by molar-refractivity contribution is -0.124. The van der Waals surface area contributed by atoms with E-state index < -0.39 is 18.2 Å². The maximum atomic E-state index is 12.6. The number of carbonyl (C=O) groups is 1. The fourth-order valence-corrected chi connectivity index (χ4v) is 10.6. The molecule has 0 aromatic rings. The molecule has 1 amide bonds. The van der Waals surface area contributed by atoms with Gasteiger partial charge in [-0.2, -0.15) is 0 Å². The van der Waals surface area contributed by atoms with Crippen molar-refractivity contribution in [3.05, 3.63) is 36.5 Å². The topological polar surface area (TPSA) is 89.8 Å². The molecule has 0 spiro atoms. The Kier molecular flexibility index (Phi) is 61.9. The number of carbonyl (C=O) groups excluding carboxylic acids is 1. The van der Waals surface area contributed by atoms with Gasteiger partial charge in [0.2, 0.25) is 5.91 Å². The Labute approximate surface area is 457 Å². The van der Waals surface area contributed by atoms with Crippen molar-refractivity contribution in [1.82, 2.24) is 5.32 Å². The zero-order chi connectivity index (χ0) is 52.9. The smallest absolute Gasteiger partial charge is 0.220 e. The number of aliphatic hydroxyl groups excluding tert-OH is 3. The number of rotatable bonds is 62. The van der Waals surface area contributed by atoms with Crippen LogP contribution in [0.25, 0.3) is 0 Å². The van der Waals surface area contributed by atoms with E-state index >= 15 is 0 Å². The second-order valence-corrected chi connectivity index (χ2v) is 23.0. The number of allylic oxidation sites excluding steroid dienone is 6. The fourth-order valence-electron chi connectivity index (χ4n) is 10.6. The first-order chi connectivity index (χ1) is 36.1. The van der Waals surface area contributed by atoms with E-state index in [1.54, 1.807) is 0 Å². The van der Waals surface area contributed by atoms with Gasteiger partial charge in [-0.1, -0.05) is 326 Å². The molecular weight excluding hydrogens is 895 g/mol. The van der Waals surface area contributed by atoms with Crippen LogP contribution in [0.4, 0.5) is 0 Å². The van der Waals surface area contributed by atoms with Gasteiger partial charge in [0.05, 0.1) is 18.8 Å². The van der Waals surface area contributed by atoms with Gasteiger partial charge in [0, 0.05) is 6.42 Å². The molecule has 0 aromatic carbocycles. The van der Waals surface area contributed by atoms with Crippen molar-refractivity contribution in [3.63, 3.8) is 0 Å². The van der Waals surface area contributed by atoms with Gasteiger partial charge in [-0.3, -0.25) is 4.79 Å². The lowest BCUT2D eigenvalue weighted by Crippen LogP contribution is -2.50. The zero-order valence-corrected chi connectivity index (χ0v) is 49.5. The zero-order valence-electron chi connectivity index (χ0n) is 49.5. The summed E-state index contributed by atoms with van der Waals surface area (Å²) in [5, 5.41) is 33.8. The largest absolute Gasteiger partial charge is 0.394 e. The highest BCUT2D eigenvalue weighted by atomic mass is 16.3. The Morgan fingerprint density at radius 2 is 0.589 bits per heavy atom. The van der Waals surface area contributed by atoms with Crippen LogP contribution in [0.5, 0.6) is 0 Å². The van der Waals surface area contributed by atoms with Gasteiger partial charge in [0.25, 0.3) is 0 Å². The van der Waals surface area contributed by atoms with Crippen LogP contribution in [-0.4, -0.2) is 46.1 Å². The van der Waals surface area contributed by atoms with E-state index in [0.717, 1.165) is 44.9 Å². The van der Waals surface area contributed by atoms with E-state index in [2.05, 4.69) is 55.6 Å². The van der Waals surface area contributed by atoms with Gasteiger partial charge in [-0.15, -0.1) is 0 Å². The fraction of sp³-hybridized carbons (Fsp3) is 0.897. The summed E-state index contributed by atoms with van der Waals surface area (Å²) in [5.41, 5.74) is 0. The van der Waals surface area contributed by atoms with Crippen molar-refractivity contribution in [3.8, 4) is 0 Å². The second kappa shape index (κ2) is 63.1. The molecule has 0 aliphatic heterocycles. The number of hydrogen-bond acceptors (Lipinski definition) is 4. The molecule has 0 aliphatic carbocycles. The Hall–Kier alpha value is -1.43. The van der Waals surface area contributed by atoms with Gasteiger partial charge >= 0.3 is 0 Å². The van der Waals surface area contributed by atoms with Crippen molar-refractivity contribution in [2.75, 3.05) is 6.61 Å². The Balaban J connectivity index is 3.49. The summed E-state index contributed by atoms with van der Waals surface area (Å²) in [7, 11) is 0. The Bertz CT molecular complexity index is 1130. The molecule has 0 saturated heterocycles. The van der Waals surface area contributed by atoms with Gasteiger partial charge in [-0.05, 0) is 70.6 Å². The third-order valence-corrected chi connectivity index (χ3v) is 15.7. The standard InChI is InChI=1S/C68H131NO4/c1-3-5-7-9-11-13-15-17-19-21-23-25-27-28-29-30-31-32-33-34-35-36-37-38-39-40-41-43-45-47-49-51-53-55-57-59-61-63-67(72)69-65(64-70)68(73)66(71)62-60-58-56-54-52-50-48-46-44-42-26-24-22-20-18-16-14-12-10-8-6-4-2/h29-30,32-33,54,56,65-66,68,70-71,73H,3-28,31,34-53,55,57-64H2,1-2H3,(H,69,72)/b30-29-,33-32-,56-54+. The van der Waals surface area contributed by atoms with Crippen molar-refractivity contribution >= 4 is 5.91 Å². The van der Waals surface area contributed by atoms with Crippen molar-refractivity contribution in [2.45, 2.75) is 385 Å². The molecule has 0 radical (unpaired) electrons. The quantitative estimate of drug-likeness (QED) is 0.0361. The van der Waals surface area contributed by atoms with Crippen molar-refractivity contribution < 1.29 is 20.1 Å². The molecule has 0 fully saturated rings. The van der Waals surface area contributed by atoms with Crippen LogP contribution < -0.4 is 5.32 Å². The molecule has 3 atom stereocenters. The average Bonchev–Trinajstić information content (AvgIpc) is 3.40. The maximum Gasteiger partial charge on any atom is 0.220 e. The van der Waals surface area contributed by atoms with E-state index in [0.29, 0.717) is 12.8 Å². The molecule has 5 nitrogen and oxygen atoms in total. The van der Waals surface area contributed by atoms with Crippen molar-refractivity contribution in [2.24, 2.45) is 0 Å². The van der Waals surface area contributed by atoms with E-state index in [-0.39, 0.29) is 12.5 Å². The number of nitrogens with one attached hydrogen (secondary N) is 1. The van der Waals surface area contributed by atoms with Gasteiger partial charge in [-0.25, -0.2) is 0 Å². The molecule has 432 valence electrons. The summed E-state index contributed by atoms with van der Waals surface area (Å²) >= 11 is 0. The van der Waals surface area contributed by atoms with Crippen molar-refractivity contribution in [1.29, 1.82) is 0 Å². The van der Waals surface area contributed by atoms with E-state index in [1.807, 2.05) is 0 Å². The first-order valence-corrected chi connectivity index (χ1v) is 33.3. The molecule has 0 aliphatic rings. The number of amides is 1. The summed E-state index contributed by atoms with van der Waals surface area (Å²) in [4.78, 5) is 12.6. The minimum atomic E-state index is -1.16. The number of unbranched alkanes of at least 4 members (excludes halogenated alkanes) is 48. The molecule has 0 heterocycles. The monoisotopic (exact) mass is 1030 g/mol. The lowest BCUT2D eigenvalue weighted by Gasteiger charge is -2.26. The minimum Gasteiger partial charge on any atom is -0.394 e. The molecule has 0 saturated carbocycles. The van der Waals surface area contributed by atoms with Gasteiger partial charge < -0.3 is 20.6 Å². The molecule has 0 rings (SSSR count). The third kappa shape index (κ3) is 58.1.